The fourth-order valence-electron chi connectivity index (χ4n) is 3.53. The summed E-state index contributed by atoms with van der Waals surface area (Å²) in [4.78, 5) is 5.89. The van der Waals surface area contributed by atoms with Crippen molar-refractivity contribution in [3.05, 3.63) is 68.5 Å². The van der Waals surface area contributed by atoms with Crippen LogP contribution in [0.15, 0.2) is 42.5 Å². The van der Waals surface area contributed by atoms with Crippen LogP contribution in [-0.4, -0.2) is 12.1 Å². The van der Waals surface area contributed by atoms with E-state index in [2.05, 4.69) is 43.0 Å². The first-order chi connectivity index (χ1) is 14.9. The molecule has 0 bridgehead atoms. The predicted molar refractivity (Wildman–Crippen MR) is 132 cm³/mol. The maximum absolute atomic E-state index is 6.52. The van der Waals surface area contributed by atoms with Crippen LogP contribution in [0.4, 0.5) is 0 Å². The average molecular weight is 453 g/mol. The fourth-order valence-corrected chi connectivity index (χ4v) is 4.66. The number of thiazole rings is 1. The molecular formula is C26H29ClN2OS. The minimum atomic E-state index is -0.427. The van der Waals surface area contributed by atoms with Gasteiger partial charge in [0, 0.05) is 16.4 Å². The van der Waals surface area contributed by atoms with Crippen molar-refractivity contribution in [3.63, 3.8) is 0 Å². The van der Waals surface area contributed by atoms with Crippen LogP contribution in [-0.2, 0) is 0 Å². The van der Waals surface area contributed by atoms with Gasteiger partial charge in [0.2, 0.25) is 0 Å². The van der Waals surface area contributed by atoms with Gasteiger partial charge >= 0.3 is 0 Å². The number of aryl methyl sites for hydroxylation is 2. The lowest BCUT2D eigenvalue weighted by Gasteiger charge is -2.11. The van der Waals surface area contributed by atoms with Crippen LogP contribution in [0.1, 0.15) is 59.2 Å². The normalized spacial score (nSPS) is 12.7. The van der Waals surface area contributed by atoms with Gasteiger partial charge in [-0.3, -0.25) is 0 Å². The minimum absolute atomic E-state index is 0.186. The number of unbranched alkanes of at least 4 members (excludes halogenated alkanes) is 1. The van der Waals surface area contributed by atoms with Gasteiger partial charge in [0.15, 0.2) is 0 Å². The van der Waals surface area contributed by atoms with Crippen molar-refractivity contribution in [3.8, 4) is 28.8 Å². The van der Waals surface area contributed by atoms with E-state index >= 15 is 0 Å². The molecule has 0 aliphatic rings. The van der Waals surface area contributed by atoms with Crippen molar-refractivity contribution in [2.75, 3.05) is 7.11 Å². The Bertz CT molecular complexity index is 1080. The summed E-state index contributed by atoms with van der Waals surface area (Å²) in [5, 5.41) is 1.43. The fraction of sp³-hybridized carbons (Fsp3) is 0.346. The Labute approximate surface area is 194 Å². The van der Waals surface area contributed by atoms with Crippen LogP contribution in [0.2, 0.25) is 5.02 Å². The number of methoxy groups -OCH3 is 1. The van der Waals surface area contributed by atoms with Crippen molar-refractivity contribution in [2.45, 2.75) is 52.0 Å². The molecule has 0 spiro atoms. The second kappa shape index (κ2) is 10.8. The van der Waals surface area contributed by atoms with Crippen molar-refractivity contribution in [1.29, 1.82) is 0 Å². The third kappa shape index (κ3) is 5.68. The Kier molecular flexibility index (Phi) is 8.15. The highest BCUT2D eigenvalue weighted by Crippen LogP contribution is 2.37. The molecule has 3 rings (SSSR count). The van der Waals surface area contributed by atoms with Gasteiger partial charge in [-0.1, -0.05) is 73.5 Å². The largest absolute Gasteiger partial charge is 0.496 e. The first-order valence-electron chi connectivity index (χ1n) is 10.6. The molecule has 0 fully saturated rings. The number of hydrogen-bond acceptors (Lipinski definition) is 4. The van der Waals surface area contributed by atoms with Gasteiger partial charge in [-0.2, -0.15) is 0 Å². The second-order valence-corrected chi connectivity index (χ2v) is 9.27. The van der Waals surface area contributed by atoms with E-state index in [1.807, 2.05) is 32.0 Å². The molecular weight excluding hydrogens is 424 g/mol. The third-order valence-electron chi connectivity index (χ3n) is 5.28. The number of nitrogens with two attached hydrogens (primary N) is 1. The monoisotopic (exact) mass is 452 g/mol. The van der Waals surface area contributed by atoms with E-state index in [0.29, 0.717) is 5.02 Å². The van der Waals surface area contributed by atoms with E-state index in [1.165, 1.54) is 5.56 Å². The maximum atomic E-state index is 6.52. The highest BCUT2D eigenvalue weighted by molar-refractivity contribution is 7.12. The van der Waals surface area contributed by atoms with E-state index in [0.717, 1.165) is 51.7 Å². The molecule has 2 atom stereocenters. The van der Waals surface area contributed by atoms with Crippen LogP contribution >= 0.6 is 22.9 Å². The third-order valence-corrected chi connectivity index (χ3v) is 6.65. The topological polar surface area (TPSA) is 48.1 Å². The molecule has 0 saturated heterocycles. The van der Waals surface area contributed by atoms with Gasteiger partial charge in [-0.15, -0.1) is 11.3 Å². The number of nitrogens with zero attached hydrogens (tertiary/aromatic N) is 1. The van der Waals surface area contributed by atoms with Crippen molar-refractivity contribution >= 4 is 22.9 Å². The van der Waals surface area contributed by atoms with Crippen molar-refractivity contribution in [2.24, 2.45) is 5.73 Å². The van der Waals surface area contributed by atoms with E-state index in [4.69, 9.17) is 27.1 Å². The predicted octanol–water partition coefficient (Wildman–Crippen LogP) is 7.07. The lowest BCUT2D eigenvalue weighted by atomic mass is 9.94. The summed E-state index contributed by atoms with van der Waals surface area (Å²) in [5.41, 5.74) is 10.5. The Balaban J connectivity index is 1.87. The molecule has 2 N–H and O–H groups in total. The Morgan fingerprint density at radius 3 is 2.58 bits per heavy atom. The molecule has 0 amide bonds. The lowest BCUT2D eigenvalue weighted by molar-refractivity contribution is 0.412. The van der Waals surface area contributed by atoms with Crippen LogP contribution in [0.5, 0.6) is 5.75 Å². The van der Waals surface area contributed by atoms with Crippen LogP contribution in [0, 0.1) is 25.7 Å². The van der Waals surface area contributed by atoms with Gasteiger partial charge in [0.05, 0.1) is 17.8 Å². The molecule has 0 saturated carbocycles. The van der Waals surface area contributed by atoms with E-state index < -0.39 is 6.04 Å². The molecule has 31 heavy (non-hydrogen) atoms. The van der Waals surface area contributed by atoms with Gasteiger partial charge in [-0.25, -0.2) is 4.98 Å². The standard InChI is InChI=1S/C26H29ClN2OS/c1-5-6-10-20(19-11-8-7-9-12-19)13-14-23(28)26-29-25(18(3)31-26)21-15-17(2)24(30-4)16-22(21)27/h7-9,11-12,15-16,20,23H,5-6,10,28H2,1-4H3/t20-,23?/m1/s1. The molecule has 1 aromatic heterocycles. The van der Waals surface area contributed by atoms with Gasteiger partial charge in [-0.05, 0) is 43.5 Å². The molecule has 3 nitrogen and oxygen atoms in total. The van der Waals surface area contributed by atoms with E-state index in [1.54, 1.807) is 18.4 Å². The van der Waals surface area contributed by atoms with Gasteiger partial charge < -0.3 is 10.5 Å². The zero-order chi connectivity index (χ0) is 22.4. The summed E-state index contributed by atoms with van der Waals surface area (Å²) < 4.78 is 5.37. The van der Waals surface area contributed by atoms with Crippen molar-refractivity contribution < 1.29 is 4.74 Å². The quantitative estimate of drug-likeness (QED) is 0.390. The molecule has 1 heterocycles. The molecule has 3 aromatic rings. The number of ether oxygens (including phenoxy) is 1. The summed E-state index contributed by atoms with van der Waals surface area (Å²) in [5.74, 6) is 7.64. The Morgan fingerprint density at radius 2 is 1.90 bits per heavy atom. The van der Waals surface area contributed by atoms with Crippen LogP contribution < -0.4 is 10.5 Å². The SMILES string of the molecule is CCCC[C@H](C#CC(N)c1nc(-c2cc(C)c(OC)cc2Cl)c(C)s1)c1ccccc1. The number of aromatic nitrogens is 1. The van der Waals surface area contributed by atoms with Crippen molar-refractivity contribution in [1.82, 2.24) is 4.98 Å². The zero-order valence-electron chi connectivity index (χ0n) is 18.5. The number of rotatable bonds is 7. The van der Waals surface area contributed by atoms with Gasteiger partial charge in [0.1, 0.15) is 16.8 Å². The molecule has 1 unspecified atom stereocenters. The molecule has 162 valence electrons. The first kappa shape index (κ1) is 23.3. The molecule has 0 radical (unpaired) electrons. The highest BCUT2D eigenvalue weighted by Gasteiger charge is 2.18. The zero-order valence-corrected chi connectivity index (χ0v) is 20.1. The van der Waals surface area contributed by atoms with Crippen LogP contribution in [0.3, 0.4) is 0 Å². The number of halogens is 1. The maximum Gasteiger partial charge on any atom is 0.123 e. The molecule has 2 aromatic carbocycles. The van der Waals surface area contributed by atoms with E-state index in [9.17, 15) is 0 Å². The molecule has 0 aliphatic heterocycles. The summed E-state index contributed by atoms with van der Waals surface area (Å²) >= 11 is 8.10. The summed E-state index contributed by atoms with van der Waals surface area (Å²) in [6.45, 7) is 6.24. The summed E-state index contributed by atoms with van der Waals surface area (Å²) in [7, 11) is 1.64. The second-order valence-electron chi connectivity index (χ2n) is 7.63. The highest BCUT2D eigenvalue weighted by atomic mass is 35.5. The smallest absolute Gasteiger partial charge is 0.123 e. The summed E-state index contributed by atoms with van der Waals surface area (Å²) in [6, 6.07) is 13.9. The Hall–Kier alpha value is -2.32. The number of hydrogen-bond donors (Lipinski definition) is 1. The number of benzene rings is 2. The van der Waals surface area contributed by atoms with Crippen LogP contribution in [0.25, 0.3) is 11.3 Å². The first-order valence-corrected chi connectivity index (χ1v) is 11.8. The van der Waals surface area contributed by atoms with E-state index in [-0.39, 0.29) is 5.92 Å². The average Bonchev–Trinajstić information content (AvgIpc) is 3.17. The Morgan fingerprint density at radius 1 is 1.16 bits per heavy atom. The molecule has 5 heteroatoms. The summed E-state index contributed by atoms with van der Waals surface area (Å²) in [6.07, 6.45) is 3.32. The van der Waals surface area contributed by atoms with Gasteiger partial charge in [0.25, 0.3) is 0 Å². The lowest BCUT2D eigenvalue weighted by Crippen LogP contribution is -2.08. The molecule has 0 aliphatic carbocycles. The minimum Gasteiger partial charge on any atom is -0.496 e.